The van der Waals surface area contributed by atoms with E-state index in [4.69, 9.17) is 0 Å². The van der Waals surface area contributed by atoms with Crippen LogP contribution in [0.3, 0.4) is 0 Å². The van der Waals surface area contributed by atoms with E-state index in [2.05, 4.69) is 26.3 Å². The van der Waals surface area contributed by atoms with E-state index < -0.39 is 5.92 Å². The van der Waals surface area contributed by atoms with Crippen molar-refractivity contribution in [1.29, 1.82) is 0 Å². The minimum absolute atomic E-state index is 0.255. The molecule has 0 saturated carbocycles. The Morgan fingerprint density at radius 3 is 2.04 bits per heavy atom. The molecule has 1 aromatic heterocycles. The van der Waals surface area contributed by atoms with E-state index in [1.807, 2.05) is 25.1 Å². The van der Waals surface area contributed by atoms with Crippen LogP contribution in [0.5, 0.6) is 0 Å². The Kier molecular flexibility index (Phi) is 6.96. The number of carbonyl (C=O) groups is 2. The first kappa shape index (κ1) is 17.4. The third-order valence-electron chi connectivity index (χ3n) is 3.90. The van der Waals surface area contributed by atoms with Gasteiger partial charge in [-0.05, 0) is 12.1 Å². The third kappa shape index (κ3) is 5.30. The first-order chi connectivity index (χ1) is 11.2. The summed E-state index contributed by atoms with van der Waals surface area (Å²) in [6.45, 7) is 5.88. The van der Waals surface area contributed by atoms with Crippen LogP contribution in [0.4, 0.5) is 0 Å². The van der Waals surface area contributed by atoms with Crippen molar-refractivity contribution in [3.8, 4) is 0 Å². The van der Waals surface area contributed by atoms with Gasteiger partial charge >= 0.3 is 0 Å². The highest BCUT2D eigenvalue weighted by Gasteiger charge is 2.33. The molecule has 0 aromatic carbocycles. The second kappa shape index (κ2) is 9.22. The van der Waals surface area contributed by atoms with Gasteiger partial charge in [0.15, 0.2) is 0 Å². The van der Waals surface area contributed by atoms with E-state index >= 15 is 0 Å². The highest BCUT2D eigenvalue weighted by Crippen LogP contribution is 2.23. The van der Waals surface area contributed by atoms with E-state index in [0.717, 1.165) is 18.8 Å². The molecule has 1 atom stereocenters. The lowest BCUT2D eigenvalue weighted by Crippen LogP contribution is -2.46. The van der Waals surface area contributed by atoms with Crippen LogP contribution in [0.25, 0.3) is 0 Å². The van der Waals surface area contributed by atoms with Gasteiger partial charge in [0, 0.05) is 57.1 Å². The highest BCUT2D eigenvalue weighted by molar-refractivity contribution is 6.01. The van der Waals surface area contributed by atoms with Gasteiger partial charge in [0.1, 0.15) is 5.92 Å². The Morgan fingerprint density at radius 1 is 0.957 bits per heavy atom. The first-order valence-electron chi connectivity index (χ1n) is 8.08. The lowest BCUT2D eigenvalue weighted by Gasteiger charge is -2.22. The van der Waals surface area contributed by atoms with Crippen LogP contribution in [0.15, 0.2) is 24.4 Å². The highest BCUT2D eigenvalue weighted by atomic mass is 16.2. The number of carbonyl (C=O) groups excluding carboxylic acids is 2. The first-order valence-corrected chi connectivity index (χ1v) is 8.08. The summed E-state index contributed by atoms with van der Waals surface area (Å²) in [5, 5.41) is 12.2. The van der Waals surface area contributed by atoms with Gasteiger partial charge in [0.2, 0.25) is 11.8 Å². The van der Waals surface area contributed by atoms with E-state index in [1.165, 1.54) is 0 Å². The molecule has 7 nitrogen and oxygen atoms in total. The van der Waals surface area contributed by atoms with Crippen molar-refractivity contribution in [2.24, 2.45) is 5.92 Å². The summed E-state index contributed by atoms with van der Waals surface area (Å²) in [5.41, 5.74) is 0.739. The fourth-order valence-corrected chi connectivity index (χ4v) is 2.58. The van der Waals surface area contributed by atoms with Gasteiger partial charge in [-0.15, -0.1) is 0 Å². The molecule has 1 unspecified atom stereocenters. The molecule has 23 heavy (non-hydrogen) atoms. The number of nitrogens with zero attached hydrogens (tertiary/aromatic N) is 1. The van der Waals surface area contributed by atoms with E-state index in [9.17, 15) is 9.59 Å². The predicted octanol–water partition coefficient (Wildman–Crippen LogP) is -0.773. The standard InChI is InChI=1S/C16H25N5O2/c1-12(13-4-2-3-5-19-13)14-15(22)20-10-8-17-6-7-18-9-11-21-16(14)23/h2-5,12,14,17-18H,6-11H2,1H3,(H,20,22)(H,21,23). The third-order valence-corrected chi connectivity index (χ3v) is 3.90. The Balaban J connectivity index is 2.12. The molecule has 2 rings (SSSR count). The van der Waals surface area contributed by atoms with Crippen LogP contribution in [-0.4, -0.2) is 56.1 Å². The van der Waals surface area contributed by atoms with Gasteiger partial charge in [-0.3, -0.25) is 14.6 Å². The molecule has 1 saturated heterocycles. The van der Waals surface area contributed by atoms with E-state index in [-0.39, 0.29) is 17.7 Å². The van der Waals surface area contributed by atoms with Gasteiger partial charge in [-0.25, -0.2) is 0 Å². The molecule has 1 fully saturated rings. The van der Waals surface area contributed by atoms with Gasteiger partial charge in [-0.1, -0.05) is 13.0 Å². The summed E-state index contributed by atoms with van der Waals surface area (Å²) in [7, 11) is 0. The molecule has 0 aliphatic carbocycles. The minimum Gasteiger partial charge on any atom is -0.354 e. The summed E-state index contributed by atoms with van der Waals surface area (Å²) >= 11 is 0. The SMILES string of the molecule is CC(c1ccccn1)C1C(=O)NCCNCCNCCNC1=O. The van der Waals surface area contributed by atoms with Crippen molar-refractivity contribution in [1.82, 2.24) is 26.3 Å². The number of rotatable bonds is 2. The molecule has 0 radical (unpaired) electrons. The average molecular weight is 319 g/mol. The zero-order valence-electron chi connectivity index (χ0n) is 13.5. The number of nitrogens with one attached hydrogen (secondary N) is 4. The Labute approximate surface area is 136 Å². The Morgan fingerprint density at radius 2 is 1.52 bits per heavy atom. The number of hydrogen-bond acceptors (Lipinski definition) is 5. The molecule has 2 heterocycles. The topological polar surface area (TPSA) is 95.2 Å². The quantitative estimate of drug-likeness (QED) is 0.537. The zero-order chi connectivity index (χ0) is 16.5. The number of aromatic nitrogens is 1. The molecule has 0 spiro atoms. The smallest absolute Gasteiger partial charge is 0.233 e. The fourth-order valence-electron chi connectivity index (χ4n) is 2.58. The Hall–Kier alpha value is -1.99. The van der Waals surface area contributed by atoms with Crippen molar-refractivity contribution in [3.63, 3.8) is 0 Å². The van der Waals surface area contributed by atoms with Gasteiger partial charge in [-0.2, -0.15) is 0 Å². The van der Waals surface area contributed by atoms with Crippen molar-refractivity contribution >= 4 is 11.8 Å². The maximum atomic E-state index is 12.5. The summed E-state index contributed by atoms with van der Waals surface area (Å²) in [6.07, 6.45) is 1.68. The molecule has 7 heteroatoms. The largest absolute Gasteiger partial charge is 0.354 e. The van der Waals surface area contributed by atoms with Crippen LogP contribution < -0.4 is 21.3 Å². The van der Waals surface area contributed by atoms with Crippen LogP contribution >= 0.6 is 0 Å². The Bertz CT molecular complexity index is 484. The van der Waals surface area contributed by atoms with Gasteiger partial charge in [0.25, 0.3) is 0 Å². The van der Waals surface area contributed by atoms with Crippen molar-refractivity contribution in [2.45, 2.75) is 12.8 Å². The zero-order valence-corrected chi connectivity index (χ0v) is 13.5. The van der Waals surface area contributed by atoms with Crippen molar-refractivity contribution in [2.75, 3.05) is 39.3 Å². The molecular formula is C16H25N5O2. The second-order valence-electron chi connectivity index (χ2n) is 5.60. The monoisotopic (exact) mass is 319 g/mol. The van der Waals surface area contributed by atoms with Crippen molar-refractivity contribution in [3.05, 3.63) is 30.1 Å². The second-order valence-corrected chi connectivity index (χ2v) is 5.60. The molecule has 4 N–H and O–H groups in total. The predicted molar refractivity (Wildman–Crippen MR) is 87.9 cm³/mol. The van der Waals surface area contributed by atoms with Gasteiger partial charge in [0.05, 0.1) is 0 Å². The van der Waals surface area contributed by atoms with Crippen LogP contribution in [-0.2, 0) is 9.59 Å². The van der Waals surface area contributed by atoms with E-state index in [1.54, 1.807) is 6.20 Å². The maximum absolute atomic E-state index is 12.5. The molecule has 1 aromatic rings. The molecule has 1 aliphatic heterocycles. The normalized spacial score (nSPS) is 20.4. The van der Waals surface area contributed by atoms with Gasteiger partial charge < -0.3 is 21.3 Å². The lowest BCUT2D eigenvalue weighted by atomic mass is 9.89. The lowest BCUT2D eigenvalue weighted by molar-refractivity contribution is -0.136. The number of hydrogen-bond donors (Lipinski definition) is 4. The number of amides is 2. The molecular weight excluding hydrogens is 294 g/mol. The maximum Gasteiger partial charge on any atom is 0.233 e. The fraction of sp³-hybridized carbons (Fsp3) is 0.562. The van der Waals surface area contributed by atoms with Crippen LogP contribution in [0.2, 0.25) is 0 Å². The number of pyridine rings is 1. The van der Waals surface area contributed by atoms with E-state index in [0.29, 0.717) is 26.2 Å². The van der Waals surface area contributed by atoms with Crippen LogP contribution in [0.1, 0.15) is 18.5 Å². The summed E-state index contributed by atoms with van der Waals surface area (Å²) in [5.74, 6) is -1.59. The summed E-state index contributed by atoms with van der Waals surface area (Å²) < 4.78 is 0. The summed E-state index contributed by atoms with van der Waals surface area (Å²) in [6, 6.07) is 5.52. The minimum atomic E-state index is -0.786. The molecule has 126 valence electrons. The molecule has 0 bridgehead atoms. The summed E-state index contributed by atoms with van der Waals surface area (Å²) in [4.78, 5) is 29.3. The molecule has 1 aliphatic rings. The molecule has 2 amide bonds. The van der Waals surface area contributed by atoms with Crippen LogP contribution in [0, 0.1) is 5.92 Å². The van der Waals surface area contributed by atoms with Crippen molar-refractivity contribution < 1.29 is 9.59 Å². The average Bonchev–Trinajstić information content (AvgIpc) is 2.58.